The molecule has 2 N–H and O–H groups in total. The quantitative estimate of drug-likeness (QED) is 0.820. The maximum atomic E-state index is 9.49. The number of aliphatic hydroxyl groups is 2. The van der Waals surface area contributed by atoms with Crippen LogP contribution < -0.4 is 0 Å². The number of hydrogen-bond acceptors (Lipinski definition) is 3. The van der Waals surface area contributed by atoms with Gasteiger partial charge < -0.3 is 10.2 Å². The topological polar surface area (TPSA) is 40.5 Å². The van der Waals surface area contributed by atoms with Crippen molar-refractivity contribution < 1.29 is 10.2 Å². The molecule has 16 heavy (non-hydrogen) atoms. The Hall–Kier alpha value is -0.0300. The van der Waals surface area contributed by atoms with Gasteiger partial charge in [-0.1, -0.05) is 28.9 Å². The molecule has 1 rings (SSSR count). The lowest BCUT2D eigenvalue weighted by Gasteiger charge is -2.12. The predicted molar refractivity (Wildman–Crippen MR) is 71.8 cm³/mol. The van der Waals surface area contributed by atoms with Gasteiger partial charge in [0.05, 0.1) is 6.10 Å². The maximum Gasteiger partial charge on any atom is 0.0772 e. The van der Waals surface area contributed by atoms with E-state index >= 15 is 0 Å². The van der Waals surface area contributed by atoms with Gasteiger partial charge in [0.25, 0.3) is 0 Å². The van der Waals surface area contributed by atoms with Gasteiger partial charge in [0.1, 0.15) is 0 Å². The smallest absolute Gasteiger partial charge is 0.0772 e. The molecule has 0 saturated carbocycles. The van der Waals surface area contributed by atoms with Crippen LogP contribution in [0.3, 0.4) is 0 Å². The van der Waals surface area contributed by atoms with Gasteiger partial charge in [0, 0.05) is 21.2 Å². The molecule has 2 atom stereocenters. The first-order chi connectivity index (χ1) is 7.54. The zero-order chi connectivity index (χ0) is 12.1. The average molecular weight is 305 g/mol. The highest BCUT2D eigenvalue weighted by atomic mass is 79.9. The Morgan fingerprint density at radius 2 is 2.06 bits per heavy atom. The molecule has 0 aromatic heterocycles. The Kier molecular flexibility index (Phi) is 5.83. The normalized spacial score (nSPS) is 14.8. The van der Waals surface area contributed by atoms with Crippen LogP contribution in [-0.2, 0) is 0 Å². The molecule has 0 amide bonds. The Balaban J connectivity index is 2.73. The molecule has 0 radical (unpaired) electrons. The first-order valence-electron chi connectivity index (χ1n) is 5.29. The largest absolute Gasteiger partial charge is 0.396 e. The zero-order valence-corrected chi connectivity index (χ0v) is 11.9. The van der Waals surface area contributed by atoms with Crippen molar-refractivity contribution >= 4 is 27.7 Å². The van der Waals surface area contributed by atoms with Gasteiger partial charge in [-0.15, -0.1) is 11.8 Å². The van der Waals surface area contributed by atoms with Crippen LogP contribution in [0.25, 0.3) is 0 Å². The molecule has 0 spiro atoms. The second-order valence-electron chi connectivity index (χ2n) is 3.80. The van der Waals surface area contributed by atoms with Gasteiger partial charge >= 0.3 is 0 Å². The standard InChI is InChI=1S/C12H17BrO2S/c1-8(5-6-14)16-10-3-4-11(9(2)15)12(13)7-10/h3-4,7-9,14-15H,5-6H2,1-2H3/t8?,9-/m0/s1. The highest BCUT2D eigenvalue weighted by Crippen LogP contribution is 2.31. The van der Waals surface area contributed by atoms with Gasteiger partial charge in [0.2, 0.25) is 0 Å². The number of aliphatic hydroxyl groups excluding tert-OH is 2. The summed E-state index contributed by atoms with van der Waals surface area (Å²) in [6, 6.07) is 5.95. The highest BCUT2D eigenvalue weighted by Gasteiger charge is 2.09. The summed E-state index contributed by atoms with van der Waals surface area (Å²) in [7, 11) is 0. The van der Waals surface area contributed by atoms with Crippen molar-refractivity contribution in [3.05, 3.63) is 28.2 Å². The first-order valence-corrected chi connectivity index (χ1v) is 6.97. The van der Waals surface area contributed by atoms with Crippen LogP contribution in [0.4, 0.5) is 0 Å². The number of benzene rings is 1. The van der Waals surface area contributed by atoms with Crippen LogP contribution >= 0.6 is 27.7 Å². The molecule has 0 heterocycles. The van der Waals surface area contributed by atoms with E-state index < -0.39 is 6.10 Å². The summed E-state index contributed by atoms with van der Waals surface area (Å²) in [4.78, 5) is 1.15. The third-order valence-electron chi connectivity index (χ3n) is 2.29. The van der Waals surface area contributed by atoms with E-state index in [2.05, 4.69) is 22.9 Å². The number of rotatable bonds is 5. The average Bonchev–Trinajstić information content (AvgIpc) is 2.17. The zero-order valence-electron chi connectivity index (χ0n) is 9.48. The van der Waals surface area contributed by atoms with Crippen molar-refractivity contribution in [2.75, 3.05) is 6.61 Å². The van der Waals surface area contributed by atoms with Crippen LogP contribution in [0.2, 0.25) is 0 Å². The lowest BCUT2D eigenvalue weighted by Crippen LogP contribution is -1.99. The molecule has 0 saturated heterocycles. The second kappa shape index (κ2) is 6.64. The van der Waals surface area contributed by atoms with E-state index in [1.807, 2.05) is 18.2 Å². The van der Waals surface area contributed by atoms with Crippen molar-refractivity contribution in [2.45, 2.75) is 36.5 Å². The first kappa shape index (κ1) is 14.0. The van der Waals surface area contributed by atoms with Crippen molar-refractivity contribution in [1.29, 1.82) is 0 Å². The molecule has 0 bridgehead atoms. The van der Waals surface area contributed by atoms with E-state index in [0.717, 1.165) is 21.4 Å². The minimum absolute atomic E-state index is 0.223. The summed E-state index contributed by atoms with van der Waals surface area (Å²) >= 11 is 5.19. The van der Waals surface area contributed by atoms with Crippen LogP contribution in [0.15, 0.2) is 27.6 Å². The lowest BCUT2D eigenvalue weighted by molar-refractivity contribution is 0.198. The van der Waals surface area contributed by atoms with Gasteiger partial charge in [-0.2, -0.15) is 0 Å². The molecule has 2 nitrogen and oxygen atoms in total. The maximum absolute atomic E-state index is 9.49. The van der Waals surface area contributed by atoms with Gasteiger partial charge in [-0.3, -0.25) is 0 Å². The summed E-state index contributed by atoms with van der Waals surface area (Å²) in [5, 5.41) is 18.7. The molecular formula is C12H17BrO2S. The van der Waals surface area contributed by atoms with Crippen molar-refractivity contribution in [2.24, 2.45) is 0 Å². The van der Waals surface area contributed by atoms with Crippen LogP contribution in [0, 0.1) is 0 Å². The fraction of sp³-hybridized carbons (Fsp3) is 0.500. The lowest BCUT2D eigenvalue weighted by atomic mass is 10.1. The summed E-state index contributed by atoms with van der Waals surface area (Å²) in [6.45, 7) is 4.07. The van der Waals surface area contributed by atoms with Crippen LogP contribution in [0.5, 0.6) is 0 Å². The van der Waals surface area contributed by atoms with E-state index in [0.29, 0.717) is 5.25 Å². The molecule has 4 heteroatoms. The molecule has 1 aromatic carbocycles. The van der Waals surface area contributed by atoms with E-state index in [4.69, 9.17) is 5.11 Å². The molecule has 0 aliphatic carbocycles. The fourth-order valence-electron chi connectivity index (χ4n) is 1.39. The monoisotopic (exact) mass is 304 g/mol. The summed E-state index contributed by atoms with van der Waals surface area (Å²) in [6.07, 6.45) is 0.337. The second-order valence-corrected chi connectivity index (χ2v) is 6.17. The molecule has 1 aromatic rings. The summed E-state index contributed by atoms with van der Waals surface area (Å²) in [5.74, 6) is 0. The van der Waals surface area contributed by atoms with Gasteiger partial charge in [0.15, 0.2) is 0 Å². The molecule has 1 unspecified atom stereocenters. The number of halogens is 1. The predicted octanol–water partition coefficient (Wildman–Crippen LogP) is 3.37. The molecule has 0 fully saturated rings. The molecule has 90 valence electrons. The summed E-state index contributed by atoms with van der Waals surface area (Å²) < 4.78 is 0.934. The third kappa shape index (κ3) is 4.09. The minimum Gasteiger partial charge on any atom is -0.396 e. The van der Waals surface area contributed by atoms with Crippen molar-refractivity contribution in [3.63, 3.8) is 0 Å². The number of thioether (sulfide) groups is 1. The van der Waals surface area contributed by atoms with Crippen LogP contribution in [-0.4, -0.2) is 22.1 Å². The van der Waals surface area contributed by atoms with E-state index in [1.54, 1.807) is 18.7 Å². The minimum atomic E-state index is -0.455. The SMILES string of the molecule is CC(CCO)Sc1ccc([C@H](C)O)c(Br)c1. The Morgan fingerprint density at radius 3 is 2.56 bits per heavy atom. The molecular weight excluding hydrogens is 288 g/mol. The Labute approximate surface area is 109 Å². The van der Waals surface area contributed by atoms with Crippen LogP contribution in [0.1, 0.15) is 31.9 Å². The highest BCUT2D eigenvalue weighted by molar-refractivity contribution is 9.10. The van der Waals surface area contributed by atoms with E-state index in [1.165, 1.54) is 0 Å². The molecule has 0 aliphatic heterocycles. The van der Waals surface area contributed by atoms with Crippen molar-refractivity contribution in [3.8, 4) is 0 Å². The Bertz CT molecular complexity index is 342. The van der Waals surface area contributed by atoms with Gasteiger partial charge in [-0.25, -0.2) is 0 Å². The van der Waals surface area contributed by atoms with Gasteiger partial charge in [-0.05, 0) is 31.0 Å². The molecule has 0 aliphatic rings. The third-order valence-corrected chi connectivity index (χ3v) is 4.15. The van der Waals surface area contributed by atoms with Crippen molar-refractivity contribution in [1.82, 2.24) is 0 Å². The number of hydrogen-bond donors (Lipinski definition) is 2. The van der Waals surface area contributed by atoms with E-state index in [-0.39, 0.29) is 6.61 Å². The fourth-order valence-corrected chi connectivity index (χ4v) is 3.28. The van der Waals surface area contributed by atoms with E-state index in [9.17, 15) is 5.11 Å². The summed E-state index contributed by atoms with van der Waals surface area (Å²) in [5.41, 5.74) is 0.902. The Morgan fingerprint density at radius 1 is 1.38 bits per heavy atom.